The number of aliphatic hydroxyl groups excluding tert-OH is 1. The van der Waals surface area contributed by atoms with Crippen molar-refractivity contribution in [3.63, 3.8) is 0 Å². The van der Waals surface area contributed by atoms with Crippen LogP contribution in [-0.2, 0) is 6.42 Å². The molecular weight excluding hydrogens is 332 g/mol. The second-order valence-electron chi connectivity index (χ2n) is 5.92. The standard InChI is InChI=1S/C17H22N2O2.ClH.2H2O/c1-12-4-2-6-15-16(12)10-13(18-17(15)21)7-9-19-8-3-5-14(19)11-20;;;/h2,4,6,10,14,20H,3,5,7-9,11H2,1H3,(H,18,21);1H;2*1H2/t14-;;;/m1.../s1. The zero-order chi connectivity index (χ0) is 14.8. The summed E-state index contributed by atoms with van der Waals surface area (Å²) >= 11 is 0. The molecule has 0 radical (unpaired) electrons. The van der Waals surface area contributed by atoms with Gasteiger partial charge in [0.2, 0.25) is 0 Å². The quantitative estimate of drug-likeness (QED) is 0.832. The summed E-state index contributed by atoms with van der Waals surface area (Å²) in [4.78, 5) is 17.5. The number of H-pyrrole nitrogens is 1. The third-order valence-electron chi connectivity index (χ3n) is 4.54. The molecule has 136 valence electrons. The molecule has 0 bridgehead atoms. The fourth-order valence-corrected chi connectivity index (χ4v) is 3.29. The molecular formula is C17H27ClN2O4. The van der Waals surface area contributed by atoms with Crippen LogP contribution in [0.2, 0.25) is 0 Å². The molecule has 1 aliphatic heterocycles. The van der Waals surface area contributed by atoms with Gasteiger partial charge >= 0.3 is 0 Å². The highest BCUT2D eigenvalue weighted by Crippen LogP contribution is 2.18. The van der Waals surface area contributed by atoms with Crippen LogP contribution >= 0.6 is 12.4 Å². The third-order valence-corrected chi connectivity index (χ3v) is 4.54. The molecule has 0 unspecified atom stereocenters. The van der Waals surface area contributed by atoms with Crippen molar-refractivity contribution >= 4 is 23.2 Å². The SMILES string of the molecule is Cc1cccc2c(=O)[nH]c(CCN3CCC[C@@H]3CO)cc12.Cl.O.O. The van der Waals surface area contributed by atoms with E-state index in [-0.39, 0.29) is 35.5 Å². The number of nitrogens with zero attached hydrogens (tertiary/aromatic N) is 1. The minimum atomic E-state index is -0.00803. The van der Waals surface area contributed by atoms with Crippen LogP contribution < -0.4 is 5.56 Å². The van der Waals surface area contributed by atoms with Crippen LogP contribution in [0.4, 0.5) is 0 Å². The van der Waals surface area contributed by atoms with E-state index in [9.17, 15) is 9.90 Å². The number of nitrogens with one attached hydrogen (secondary N) is 1. The number of fused-ring (bicyclic) bond motifs is 1. The summed E-state index contributed by atoms with van der Waals surface area (Å²) in [6.45, 7) is 4.20. The molecule has 1 saturated heterocycles. The molecule has 1 aromatic heterocycles. The Morgan fingerprint density at radius 3 is 2.75 bits per heavy atom. The minimum absolute atomic E-state index is 0. The van der Waals surface area contributed by atoms with Crippen LogP contribution in [0.15, 0.2) is 29.1 Å². The van der Waals surface area contributed by atoms with Gasteiger partial charge in [0, 0.05) is 30.1 Å². The van der Waals surface area contributed by atoms with Crippen molar-refractivity contribution in [2.45, 2.75) is 32.2 Å². The molecule has 24 heavy (non-hydrogen) atoms. The summed E-state index contributed by atoms with van der Waals surface area (Å²) in [7, 11) is 0. The Kier molecular flexibility index (Phi) is 9.17. The molecule has 7 heteroatoms. The molecule has 2 aromatic rings. The largest absolute Gasteiger partial charge is 0.412 e. The maximum Gasteiger partial charge on any atom is 0.256 e. The predicted molar refractivity (Wildman–Crippen MR) is 99.2 cm³/mol. The number of pyridine rings is 1. The molecule has 0 saturated carbocycles. The topological polar surface area (TPSA) is 119 Å². The molecule has 0 amide bonds. The van der Waals surface area contributed by atoms with Crippen LogP contribution in [0.5, 0.6) is 0 Å². The summed E-state index contributed by atoms with van der Waals surface area (Å²) in [5.74, 6) is 0. The Morgan fingerprint density at radius 2 is 2.04 bits per heavy atom. The van der Waals surface area contributed by atoms with E-state index in [1.807, 2.05) is 25.1 Å². The lowest BCUT2D eigenvalue weighted by Gasteiger charge is -2.22. The number of halogens is 1. The van der Waals surface area contributed by atoms with Gasteiger partial charge in [0.25, 0.3) is 5.56 Å². The number of aliphatic hydroxyl groups is 1. The van der Waals surface area contributed by atoms with E-state index in [4.69, 9.17) is 0 Å². The number of aromatic amines is 1. The lowest BCUT2D eigenvalue weighted by atomic mass is 10.1. The van der Waals surface area contributed by atoms with E-state index in [2.05, 4.69) is 16.0 Å². The molecule has 1 atom stereocenters. The van der Waals surface area contributed by atoms with E-state index in [1.54, 1.807) is 0 Å². The Labute approximate surface area is 147 Å². The fraction of sp³-hybridized carbons (Fsp3) is 0.471. The predicted octanol–water partition coefficient (Wildman–Crippen LogP) is 0.608. The number of hydrogen-bond donors (Lipinski definition) is 2. The highest BCUT2D eigenvalue weighted by molar-refractivity contribution is 5.85. The first-order chi connectivity index (χ1) is 10.2. The molecule has 1 aromatic carbocycles. The zero-order valence-electron chi connectivity index (χ0n) is 13.8. The average molecular weight is 359 g/mol. The monoisotopic (exact) mass is 358 g/mol. The highest BCUT2D eigenvalue weighted by atomic mass is 35.5. The van der Waals surface area contributed by atoms with Crippen LogP contribution in [0.3, 0.4) is 0 Å². The van der Waals surface area contributed by atoms with Gasteiger partial charge in [0.05, 0.1) is 6.61 Å². The first-order valence-electron chi connectivity index (χ1n) is 7.65. The molecule has 2 heterocycles. The van der Waals surface area contributed by atoms with Crippen molar-refractivity contribution in [1.29, 1.82) is 0 Å². The smallest absolute Gasteiger partial charge is 0.256 e. The number of aromatic nitrogens is 1. The second-order valence-corrected chi connectivity index (χ2v) is 5.92. The summed E-state index contributed by atoms with van der Waals surface area (Å²) < 4.78 is 0. The van der Waals surface area contributed by atoms with Crippen molar-refractivity contribution < 1.29 is 16.1 Å². The Bertz CT molecular complexity index is 705. The van der Waals surface area contributed by atoms with Crippen LogP contribution in [0.25, 0.3) is 10.8 Å². The van der Waals surface area contributed by atoms with Crippen LogP contribution in [-0.4, -0.2) is 51.7 Å². The molecule has 1 fully saturated rings. The number of rotatable bonds is 4. The van der Waals surface area contributed by atoms with Gasteiger partial charge in [-0.15, -0.1) is 12.4 Å². The van der Waals surface area contributed by atoms with Gasteiger partial charge < -0.3 is 21.0 Å². The van der Waals surface area contributed by atoms with Crippen molar-refractivity contribution in [1.82, 2.24) is 9.88 Å². The molecule has 0 aliphatic carbocycles. The van der Waals surface area contributed by atoms with Crippen LogP contribution in [0, 0.1) is 6.92 Å². The van der Waals surface area contributed by atoms with Gasteiger partial charge in [-0.25, -0.2) is 0 Å². The van der Waals surface area contributed by atoms with E-state index >= 15 is 0 Å². The van der Waals surface area contributed by atoms with E-state index < -0.39 is 0 Å². The van der Waals surface area contributed by atoms with Crippen LogP contribution in [0.1, 0.15) is 24.1 Å². The van der Waals surface area contributed by atoms with Crippen molar-refractivity contribution in [3.05, 3.63) is 45.9 Å². The normalized spacial score (nSPS) is 17.0. The van der Waals surface area contributed by atoms with E-state index in [1.165, 1.54) is 0 Å². The summed E-state index contributed by atoms with van der Waals surface area (Å²) in [5.41, 5.74) is 2.10. The molecule has 0 spiro atoms. The number of aryl methyl sites for hydroxylation is 1. The van der Waals surface area contributed by atoms with Crippen molar-refractivity contribution in [3.8, 4) is 0 Å². The zero-order valence-corrected chi connectivity index (χ0v) is 14.7. The van der Waals surface area contributed by atoms with E-state index in [0.29, 0.717) is 6.04 Å². The maximum absolute atomic E-state index is 12.2. The van der Waals surface area contributed by atoms with Gasteiger partial charge in [0.15, 0.2) is 0 Å². The highest BCUT2D eigenvalue weighted by Gasteiger charge is 2.23. The Hall–Kier alpha value is -1.44. The van der Waals surface area contributed by atoms with Gasteiger partial charge in [0.1, 0.15) is 0 Å². The molecule has 6 N–H and O–H groups in total. The molecule has 1 aliphatic rings. The average Bonchev–Trinajstić information content (AvgIpc) is 2.94. The third kappa shape index (κ3) is 4.55. The maximum atomic E-state index is 12.2. The second kappa shape index (κ2) is 9.76. The number of benzene rings is 1. The first-order valence-corrected chi connectivity index (χ1v) is 7.65. The van der Waals surface area contributed by atoms with Gasteiger partial charge in [-0.05, 0) is 49.4 Å². The Morgan fingerprint density at radius 1 is 1.29 bits per heavy atom. The van der Waals surface area contributed by atoms with E-state index in [0.717, 1.165) is 54.4 Å². The Balaban J connectivity index is 0.00000176. The van der Waals surface area contributed by atoms with Gasteiger partial charge in [-0.1, -0.05) is 12.1 Å². The molecule has 3 rings (SSSR count). The van der Waals surface area contributed by atoms with Gasteiger partial charge in [-0.2, -0.15) is 0 Å². The summed E-state index contributed by atoms with van der Waals surface area (Å²) in [6.07, 6.45) is 3.04. The summed E-state index contributed by atoms with van der Waals surface area (Å²) in [6, 6.07) is 8.21. The summed E-state index contributed by atoms with van der Waals surface area (Å²) in [5, 5.41) is 11.2. The lowest BCUT2D eigenvalue weighted by Crippen LogP contribution is -2.34. The first kappa shape index (κ1) is 22.6. The van der Waals surface area contributed by atoms with Gasteiger partial charge in [-0.3, -0.25) is 9.69 Å². The molecule has 6 nitrogen and oxygen atoms in total. The fourth-order valence-electron chi connectivity index (χ4n) is 3.29. The van der Waals surface area contributed by atoms with Crippen molar-refractivity contribution in [2.24, 2.45) is 0 Å². The minimum Gasteiger partial charge on any atom is -0.412 e. The number of likely N-dealkylation sites (tertiary alicyclic amines) is 1. The number of hydrogen-bond acceptors (Lipinski definition) is 3. The lowest BCUT2D eigenvalue weighted by molar-refractivity contribution is 0.160. The van der Waals surface area contributed by atoms with Crippen molar-refractivity contribution in [2.75, 3.05) is 19.7 Å².